The van der Waals surface area contributed by atoms with Crippen LogP contribution in [-0.2, 0) is 15.9 Å². The first-order valence-electron chi connectivity index (χ1n) is 5.09. The molecule has 0 bridgehead atoms. The Balaban J connectivity index is 2.58. The second-order valence-corrected chi connectivity index (χ2v) is 3.39. The summed E-state index contributed by atoms with van der Waals surface area (Å²) in [5.74, 6) is -0.857. The highest BCUT2D eigenvalue weighted by atomic mass is 19.4. The molecule has 0 saturated heterocycles. The van der Waals surface area contributed by atoms with Gasteiger partial charge in [-0.2, -0.15) is 13.2 Å². The molecule has 6 heteroatoms. The number of hydrogen-bond donors (Lipinski definition) is 0. The molecule has 0 radical (unpaired) electrons. The second kappa shape index (κ2) is 6.09. The average Bonchev–Trinajstić information content (AvgIpc) is 2.33. The van der Waals surface area contributed by atoms with Crippen molar-refractivity contribution in [1.82, 2.24) is 0 Å². The summed E-state index contributed by atoms with van der Waals surface area (Å²) in [5, 5.41) is 0. The van der Waals surface area contributed by atoms with Gasteiger partial charge in [-0.15, -0.1) is 6.58 Å². The van der Waals surface area contributed by atoms with Gasteiger partial charge in [0.25, 0.3) is 0 Å². The fourth-order valence-corrected chi connectivity index (χ4v) is 1.08. The summed E-state index contributed by atoms with van der Waals surface area (Å²) in [4.78, 5) is 19.9. The minimum absolute atomic E-state index is 0.0580. The molecule has 1 aromatic rings. The average molecular weight is 260 g/mol. The zero-order valence-electron chi connectivity index (χ0n) is 9.37. The molecule has 1 aromatic carbocycles. The lowest BCUT2D eigenvalue weighted by atomic mass is 10.2. The molecule has 0 aromatic heterocycles. The molecule has 3 nitrogen and oxygen atoms in total. The maximum atomic E-state index is 12.4. The molecule has 0 aliphatic rings. The van der Waals surface area contributed by atoms with E-state index in [1.165, 1.54) is 12.1 Å². The second-order valence-electron chi connectivity index (χ2n) is 3.39. The Hall–Kier alpha value is -1.98. The van der Waals surface area contributed by atoms with E-state index in [0.29, 0.717) is 6.42 Å². The van der Waals surface area contributed by atoms with Crippen molar-refractivity contribution >= 4 is 5.97 Å². The third-order valence-electron chi connectivity index (χ3n) is 1.94. The summed E-state index contributed by atoms with van der Waals surface area (Å²) in [6, 6.07) is 4.07. The molecule has 0 unspecified atom stereocenters. The van der Waals surface area contributed by atoms with E-state index in [2.05, 4.69) is 16.4 Å². The lowest BCUT2D eigenvalue weighted by Crippen LogP contribution is -2.09. The van der Waals surface area contributed by atoms with Gasteiger partial charge in [0.1, 0.15) is 0 Å². The quantitative estimate of drug-likeness (QED) is 0.461. The number of rotatable bonds is 5. The van der Waals surface area contributed by atoms with E-state index in [-0.39, 0.29) is 12.2 Å². The van der Waals surface area contributed by atoms with Crippen LogP contribution in [0.5, 0.6) is 5.75 Å². The molecule has 1 rings (SSSR count). The van der Waals surface area contributed by atoms with Crippen molar-refractivity contribution in [2.45, 2.75) is 19.0 Å². The predicted molar refractivity (Wildman–Crippen MR) is 57.6 cm³/mol. The fraction of sp³-hybridized carbons (Fsp3) is 0.250. The van der Waals surface area contributed by atoms with Crippen LogP contribution >= 0.6 is 0 Å². The number of hydrogen-bond acceptors (Lipinski definition) is 3. The first-order valence-corrected chi connectivity index (χ1v) is 5.09. The number of carbonyl (C=O) groups excluding carboxylic acids is 1. The van der Waals surface area contributed by atoms with Crippen molar-refractivity contribution in [1.29, 1.82) is 0 Å². The maximum absolute atomic E-state index is 12.4. The van der Waals surface area contributed by atoms with Gasteiger partial charge in [-0.3, -0.25) is 9.78 Å². The number of alkyl halides is 3. The van der Waals surface area contributed by atoms with Crippen LogP contribution in [-0.4, -0.2) is 5.97 Å². The topological polar surface area (TPSA) is 35.5 Å². The Labute approximate surface area is 102 Å². The number of benzene rings is 1. The molecule has 0 atom stereocenters. The van der Waals surface area contributed by atoms with Crippen molar-refractivity contribution < 1.29 is 27.7 Å². The van der Waals surface area contributed by atoms with Gasteiger partial charge in [-0.05, 0) is 24.6 Å². The Kier molecular flexibility index (Phi) is 4.76. The van der Waals surface area contributed by atoms with Crippen molar-refractivity contribution in [3.05, 3.63) is 42.5 Å². The van der Waals surface area contributed by atoms with E-state index in [1.54, 1.807) is 0 Å². The van der Waals surface area contributed by atoms with Crippen LogP contribution in [0.25, 0.3) is 0 Å². The van der Waals surface area contributed by atoms with Crippen molar-refractivity contribution in [2.75, 3.05) is 0 Å². The molecule has 0 N–H and O–H groups in total. The van der Waals surface area contributed by atoms with Crippen LogP contribution in [0.3, 0.4) is 0 Å². The molecule has 0 aliphatic heterocycles. The Morgan fingerprint density at radius 2 is 2.11 bits per heavy atom. The smallest absolute Gasteiger partial charge is 0.287 e. The van der Waals surface area contributed by atoms with Crippen molar-refractivity contribution in [3.8, 4) is 5.75 Å². The molecule has 0 saturated carbocycles. The zero-order valence-corrected chi connectivity index (χ0v) is 9.37. The Morgan fingerprint density at radius 1 is 1.39 bits per heavy atom. The van der Waals surface area contributed by atoms with E-state index in [0.717, 1.165) is 18.2 Å². The Bertz CT molecular complexity index is 427. The highest BCUT2D eigenvalue weighted by molar-refractivity contribution is 5.68. The maximum Gasteiger partial charge on any atom is 0.416 e. The third-order valence-corrected chi connectivity index (χ3v) is 1.94. The van der Waals surface area contributed by atoms with Crippen LogP contribution in [0.4, 0.5) is 13.2 Å². The van der Waals surface area contributed by atoms with Crippen LogP contribution in [0.1, 0.15) is 18.4 Å². The fourth-order valence-electron chi connectivity index (χ4n) is 1.08. The summed E-state index contributed by atoms with van der Waals surface area (Å²) in [6.07, 6.45) is -2.48. The summed E-state index contributed by atoms with van der Waals surface area (Å²) < 4.78 is 37.1. The molecular weight excluding hydrogens is 249 g/mol. The minimum atomic E-state index is -4.47. The van der Waals surface area contributed by atoms with E-state index in [4.69, 9.17) is 0 Å². The van der Waals surface area contributed by atoms with E-state index < -0.39 is 17.7 Å². The van der Waals surface area contributed by atoms with E-state index in [9.17, 15) is 18.0 Å². The Morgan fingerprint density at radius 3 is 2.72 bits per heavy atom. The highest BCUT2D eigenvalue weighted by Gasteiger charge is 2.30. The van der Waals surface area contributed by atoms with E-state index >= 15 is 0 Å². The minimum Gasteiger partial charge on any atom is -0.287 e. The van der Waals surface area contributed by atoms with Crippen molar-refractivity contribution in [3.63, 3.8) is 0 Å². The van der Waals surface area contributed by atoms with Gasteiger partial charge in [-0.1, -0.05) is 12.1 Å². The van der Waals surface area contributed by atoms with Crippen molar-refractivity contribution in [2.24, 2.45) is 0 Å². The molecular formula is C12H11F3O3. The molecule has 18 heavy (non-hydrogen) atoms. The van der Waals surface area contributed by atoms with Gasteiger partial charge in [0.05, 0.1) is 12.0 Å². The summed E-state index contributed by atoms with van der Waals surface area (Å²) >= 11 is 0. The first-order chi connectivity index (χ1) is 8.43. The summed E-state index contributed by atoms with van der Waals surface area (Å²) in [5.41, 5.74) is -0.873. The van der Waals surface area contributed by atoms with Crippen LogP contribution in [0.15, 0.2) is 36.9 Å². The number of allylic oxidation sites excluding steroid dienone is 1. The molecule has 98 valence electrons. The predicted octanol–water partition coefficient (Wildman–Crippen LogP) is 3.51. The van der Waals surface area contributed by atoms with E-state index in [1.807, 2.05) is 0 Å². The zero-order chi connectivity index (χ0) is 13.6. The third kappa shape index (κ3) is 4.48. The molecule has 0 aliphatic carbocycles. The van der Waals surface area contributed by atoms with Gasteiger partial charge in [0.15, 0.2) is 5.75 Å². The van der Waals surface area contributed by atoms with Crippen LogP contribution in [0.2, 0.25) is 0 Å². The van der Waals surface area contributed by atoms with Crippen LogP contribution in [0, 0.1) is 0 Å². The first kappa shape index (κ1) is 14.1. The lowest BCUT2D eigenvalue weighted by molar-refractivity contribution is -0.213. The highest BCUT2D eigenvalue weighted by Crippen LogP contribution is 2.31. The number of carbonyl (C=O) groups is 1. The number of halogens is 3. The molecule has 0 fully saturated rings. The molecule has 0 spiro atoms. The summed E-state index contributed by atoms with van der Waals surface area (Å²) in [6.45, 7) is 3.42. The molecule has 0 heterocycles. The SMILES string of the molecule is C=CCCC(=O)OOc1cccc(C(F)(F)F)c1. The largest absolute Gasteiger partial charge is 0.416 e. The summed E-state index contributed by atoms with van der Waals surface area (Å²) in [7, 11) is 0. The van der Waals surface area contributed by atoms with Gasteiger partial charge >= 0.3 is 12.1 Å². The normalized spacial score (nSPS) is 10.8. The van der Waals surface area contributed by atoms with Crippen LogP contribution < -0.4 is 4.89 Å². The monoisotopic (exact) mass is 260 g/mol. The van der Waals surface area contributed by atoms with Gasteiger partial charge in [-0.25, -0.2) is 4.79 Å². The molecule has 0 amide bonds. The lowest BCUT2D eigenvalue weighted by Gasteiger charge is -2.08. The van der Waals surface area contributed by atoms with Gasteiger partial charge in [0, 0.05) is 0 Å². The van der Waals surface area contributed by atoms with Gasteiger partial charge < -0.3 is 0 Å². The standard InChI is InChI=1S/C12H11F3O3/c1-2-3-7-11(16)18-17-10-6-4-5-9(8-10)12(13,14)15/h2,4-6,8H,1,3,7H2. The van der Waals surface area contributed by atoms with Gasteiger partial charge in [0.2, 0.25) is 0 Å².